The van der Waals surface area contributed by atoms with Gasteiger partial charge in [0.05, 0.1) is 11.3 Å². The van der Waals surface area contributed by atoms with E-state index in [0.29, 0.717) is 5.65 Å². The summed E-state index contributed by atoms with van der Waals surface area (Å²) >= 11 is 0. The van der Waals surface area contributed by atoms with Gasteiger partial charge in [0.15, 0.2) is 5.65 Å². The molecule has 2 heterocycles. The van der Waals surface area contributed by atoms with Crippen molar-refractivity contribution in [2.75, 3.05) is 5.73 Å². The summed E-state index contributed by atoms with van der Waals surface area (Å²) in [5, 5.41) is 4.10. The molecule has 0 radical (unpaired) electrons. The summed E-state index contributed by atoms with van der Waals surface area (Å²) in [6, 6.07) is 8.30. The number of benzene rings is 1. The molecule has 0 aliphatic rings. The second-order valence-electron chi connectivity index (χ2n) is 4.23. The van der Waals surface area contributed by atoms with E-state index in [-0.39, 0.29) is 17.1 Å². The molecule has 2 N–H and O–H groups in total. The number of anilines is 1. The van der Waals surface area contributed by atoms with E-state index in [9.17, 15) is 13.2 Å². The molecule has 20 heavy (non-hydrogen) atoms. The van der Waals surface area contributed by atoms with Crippen molar-refractivity contribution < 1.29 is 13.2 Å². The van der Waals surface area contributed by atoms with E-state index >= 15 is 0 Å². The van der Waals surface area contributed by atoms with Crippen molar-refractivity contribution in [3.8, 4) is 11.3 Å². The standard InChI is InChI=1S/C13H9F3N4/c14-13(15,16)9-4-2-1-3-8(9)10-7-12-18-11(17)5-6-20(12)19-10/h1-7H,(H2,17,18). The maximum atomic E-state index is 13.0. The minimum Gasteiger partial charge on any atom is -0.384 e. The van der Waals surface area contributed by atoms with Gasteiger partial charge in [-0.05, 0) is 12.1 Å². The zero-order valence-corrected chi connectivity index (χ0v) is 10.1. The van der Waals surface area contributed by atoms with Crippen molar-refractivity contribution in [1.82, 2.24) is 14.6 Å². The molecule has 0 saturated carbocycles. The molecular weight excluding hydrogens is 269 g/mol. The Hall–Kier alpha value is -2.57. The fourth-order valence-corrected chi connectivity index (χ4v) is 1.98. The number of alkyl halides is 3. The van der Waals surface area contributed by atoms with E-state index in [1.54, 1.807) is 6.20 Å². The van der Waals surface area contributed by atoms with Gasteiger partial charge < -0.3 is 5.73 Å². The molecule has 0 amide bonds. The van der Waals surface area contributed by atoms with Crippen LogP contribution in [-0.4, -0.2) is 14.6 Å². The van der Waals surface area contributed by atoms with E-state index < -0.39 is 11.7 Å². The van der Waals surface area contributed by atoms with Crippen LogP contribution in [0.2, 0.25) is 0 Å². The van der Waals surface area contributed by atoms with Gasteiger partial charge in [0.2, 0.25) is 0 Å². The van der Waals surface area contributed by atoms with E-state index in [1.165, 1.54) is 34.8 Å². The SMILES string of the molecule is Nc1ccn2nc(-c3ccccc3C(F)(F)F)cc2n1. The van der Waals surface area contributed by atoms with Crippen molar-refractivity contribution in [3.05, 3.63) is 48.2 Å². The Bertz CT molecular complexity index is 777. The summed E-state index contributed by atoms with van der Waals surface area (Å²) < 4.78 is 40.3. The Morgan fingerprint density at radius 3 is 2.60 bits per heavy atom. The maximum Gasteiger partial charge on any atom is 0.417 e. The van der Waals surface area contributed by atoms with Crippen LogP contribution in [0.4, 0.5) is 19.0 Å². The van der Waals surface area contributed by atoms with Crippen LogP contribution < -0.4 is 5.73 Å². The molecule has 2 aromatic heterocycles. The third-order valence-electron chi connectivity index (χ3n) is 2.85. The smallest absolute Gasteiger partial charge is 0.384 e. The van der Waals surface area contributed by atoms with Gasteiger partial charge >= 0.3 is 6.18 Å². The second-order valence-corrected chi connectivity index (χ2v) is 4.23. The number of nitrogens with two attached hydrogens (primary N) is 1. The number of hydrogen-bond donors (Lipinski definition) is 1. The van der Waals surface area contributed by atoms with Crippen LogP contribution in [0.5, 0.6) is 0 Å². The molecule has 0 aliphatic heterocycles. The van der Waals surface area contributed by atoms with E-state index in [0.717, 1.165) is 6.07 Å². The first-order valence-electron chi connectivity index (χ1n) is 5.73. The first-order valence-corrected chi connectivity index (χ1v) is 5.73. The Morgan fingerprint density at radius 2 is 1.85 bits per heavy atom. The van der Waals surface area contributed by atoms with Crippen LogP contribution in [-0.2, 0) is 6.18 Å². The fourth-order valence-electron chi connectivity index (χ4n) is 1.98. The molecule has 0 fully saturated rings. The zero-order valence-electron chi connectivity index (χ0n) is 10.1. The Morgan fingerprint density at radius 1 is 1.10 bits per heavy atom. The van der Waals surface area contributed by atoms with Gasteiger partial charge in [0.1, 0.15) is 5.82 Å². The molecule has 1 aromatic carbocycles. The van der Waals surface area contributed by atoms with Gasteiger partial charge in [-0.2, -0.15) is 18.3 Å². The summed E-state index contributed by atoms with van der Waals surface area (Å²) in [4.78, 5) is 4.01. The first kappa shape index (κ1) is 12.5. The summed E-state index contributed by atoms with van der Waals surface area (Å²) in [6.45, 7) is 0. The third-order valence-corrected chi connectivity index (χ3v) is 2.85. The van der Waals surface area contributed by atoms with Crippen LogP contribution in [0.25, 0.3) is 16.9 Å². The van der Waals surface area contributed by atoms with Gasteiger partial charge in [-0.3, -0.25) is 0 Å². The second kappa shape index (κ2) is 4.22. The predicted molar refractivity (Wildman–Crippen MR) is 67.8 cm³/mol. The highest BCUT2D eigenvalue weighted by Gasteiger charge is 2.33. The third kappa shape index (κ3) is 2.07. The molecule has 3 rings (SSSR count). The normalized spacial score (nSPS) is 11.9. The number of hydrogen-bond acceptors (Lipinski definition) is 3. The average Bonchev–Trinajstić information content (AvgIpc) is 2.80. The molecule has 0 bridgehead atoms. The number of fused-ring (bicyclic) bond motifs is 1. The summed E-state index contributed by atoms with van der Waals surface area (Å²) in [5.41, 5.74) is 5.44. The van der Waals surface area contributed by atoms with Crippen LogP contribution in [0.15, 0.2) is 42.6 Å². The summed E-state index contributed by atoms with van der Waals surface area (Å²) in [5.74, 6) is 0.285. The molecular formula is C13H9F3N4. The average molecular weight is 278 g/mol. The molecule has 7 heteroatoms. The Balaban J connectivity index is 2.21. The van der Waals surface area contributed by atoms with Gasteiger partial charge in [0, 0.05) is 17.8 Å². The summed E-state index contributed by atoms with van der Waals surface area (Å²) in [6.07, 6.45) is -2.88. The van der Waals surface area contributed by atoms with Gasteiger partial charge in [-0.1, -0.05) is 18.2 Å². The molecule has 3 aromatic rings. The number of nitrogen functional groups attached to an aromatic ring is 1. The topological polar surface area (TPSA) is 56.2 Å². The number of rotatable bonds is 1. The lowest BCUT2D eigenvalue weighted by atomic mass is 10.0. The van der Waals surface area contributed by atoms with Crippen molar-refractivity contribution in [3.63, 3.8) is 0 Å². The quantitative estimate of drug-likeness (QED) is 0.744. The Labute approximate surface area is 111 Å². The van der Waals surface area contributed by atoms with Crippen LogP contribution in [0.1, 0.15) is 5.56 Å². The van der Waals surface area contributed by atoms with Crippen molar-refractivity contribution in [1.29, 1.82) is 0 Å². The summed E-state index contributed by atoms with van der Waals surface area (Å²) in [7, 11) is 0. The highest BCUT2D eigenvalue weighted by atomic mass is 19.4. The van der Waals surface area contributed by atoms with E-state index in [1.807, 2.05) is 0 Å². The maximum absolute atomic E-state index is 13.0. The molecule has 0 atom stereocenters. The largest absolute Gasteiger partial charge is 0.417 e. The van der Waals surface area contributed by atoms with Crippen molar-refractivity contribution in [2.45, 2.75) is 6.18 Å². The minimum atomic E-state index is -4.43. The van der Waals surface area contributed by atoms with Gasteiger partial charge in [-0.15, -0.1) is 0 Å². The lowest BCUT2D eigenvalue weighted by Crippen LogP contribution is -2.07. The molecule has 4 nitrogen and oxygen atoms in total. The number of nitrogens with zero attached hydrogens (tertiary/aromatic N) is 3. The molecule has 0 unspecified atom stereocenters. The molecule has 102 valence electrons. The van der Waals surface area contributed by atoms with Crippen molar-refractivity contribution >= 4 is 11.5 Å². The molecule has 0 aliphatic carbocycles. The first-order chi connectivity index (χ1) is 9.45. The lowest BCUT2D eigenvalue weighted by Gasteiger charge is -2.10. The van der Waals surface area contributed by atoms with Gasteiger partial charge in [0.25, 0.3) is 0 Å². The van der Waals surface area contributed by atoms with E-state index in [2.05, 4.69) is 10.1 Å². The van der Waals surface area contributed by atoms with Crippen LogP contribution >= 0.6 is 0 Å². The highest BCUT2D eigenvalue weighted by molar-refractivity contribution is 5.68. The van der Waals surface area contributed by atoms with Crippen LogP contribution in [0.3, 0.4) is 0 Å². The minimum absolute atomic E-state index is 0.0177. The highest BCUT2D eigenvalue weighted by Crippen LogP contribution is 2.36. The molecule has 0 saturated heterocycles. The van der Waals surface area contributed by atoms with Crippen molar-refractivity contribution in [2.24, 2.45) is 0 Å². The Kier molecular flexibility index (Phi) is 2.63. The predicted octanol–water partition coefficient (Wildman–Crippen LogP) is 3.00. The lowest BCUT2D eigenvalue weighted by molar-refractivity contribution is -0.137. The monoisotopic (exact) mass is 278 g/mol. The fraction of sp³-hybridized carbons (Fsp3) is 0.0769. The zero-order chi connectivity index (χ0) is 14.3. The van der Waals surface area contributed by atoms with E-state index in [4.69, 9.17) is 5.73 Å². The number of aromatic nitrogens is 3. The van der Waals surface area contributed by atoms with Crippen LogP contribution in [0, 0.1) is 0 Å². The van der Waals surface area contributed by atoms with Gasteiger partial charge in [-0.25, -0.2) is 9.50 Å². The molecule has 0 spiro atoms. The number of halogens is 3.